The Balaban J connectivity index is 1.94. The highest BCUT2D eigenvalue weighted by Gasteiger charge is 2.42. The van der Waals surface area contributed by atoms with Crippen LogP contribution >= 0.6 is 11.6 Å². The van der Waals surface area contributed by atoms with Crippen LogP contribution in [0.1, 0.15) is 44.7 Å². The fourth-order valence-corrected chi connectivity index (χ4v) is 5.46. The number of rotatable bonds is 6. The summed E-state index contributed by atoms with van der Waals surface area (Å²) in [5.74, 6) is -0.334. The number of aryl methyl sites for hydroxylation is 1. The molecule has 0 unspecified atom stereocenters. The Morgan fingerprint density at radius 2 is 1.87 bits per heavy atom. The third-order valence-corrected chi connectivity index (χ3v) is 7.27. The molecule has 168 valence electrons. The number of benzene rings is 2. The van der Waals surface area contributed by atoms with Crippen LogP contribution in [0.5, 0.6) is 5.75 Å². The quantitative estimate of drug-likeness (QED) is 0.577. The summed E-state index contributed by atoms with van der Waals surface area (Å²) in [6.07, 6.45) is 0.983. The van der Waals surface area contributed by atoms with E-state index >= 15 is 0 Å². The lowest BCUT2D eigenvalue weighted by Gasteiger charge is -2.27. The molecule has 3 rings (SSSR count). The summed E-state index contributed by atoms with van der Waals surface area (Å²) < 4.78 is 39.7. The monoisotopic (exact) mass is 465 g/mol. The van der Waals surface area contributed by atoms with Crippen molar-refractivity contribution in [2.75, 3.05) is 6.54 Å². The van der Waals surface area contributed by atoms with Gasteiger partial charge in [0.05, 0.1) is 0 Å². The fourth-order valence-electron chi connectivity index (χ4n) is 3.45. The average molecular weight is 466 g/mol. The van der Waals surface area contributed by atoms with Crippen molar-refractivity contribution in [3.63, 3.8) is 0 Å². The molecule has 2 aromatic carbocycles. The zero-order valence-electron chi connectivity index (χ0n) is 18.2. The van der Waals surface area contributed by atoms with Gasteiger partial charge in [0.25, 0.3) is 0 Å². The van der Waals surface area contributed by atoms with Crippen molar-refractivity contribution in [2.24, 2.45) is 0 Å². The first-order valence-electron chi connectivity index (χ1n) is 10.2. The molecule has 0 N–H and O–H groups in total. The number of hydrogen-bond donors (Lipinski definition) is 0. The van der Waals surface area contributed by atoms with Gasteiger partial charge in [0.1, 0.15) is 28.9 Å². The summed E-state index contributed by atoms with van der Waals surface area (Å²) in [5, 5.41) is 0.318. The molecule has 2 aromatic rings. The maximum Gasteiger partial charge on any atom is 0.324 e. The molecule has 1 heterocycles. The predicted molar refractivity (Wildman–Crippen MR) is 120 cm³/mol. The molecular formula is C23H28ClNO5S. The van der Waals surface area contributed by atoms with Crippen LogP contribution in [-0.2, 0) is 26.2 Å². The predicted octanol–water partition coefficient (Wildman–Crippen LogP) is 4.72. The molecule has 1 saturated heterocycles. The lowest BCUT2D eigenvalue weighted by atomic mass is 10.2. The molecule has 0 aromatic heterocycles. The number of nitrogens with zero attached hydrogens (tertiary/aromatic N) is 1. The Morgan fingerprint density at radius 3 is 2.52 bits per heavy atom. The van der Waals surface area contributed by atoms with E-state index in [1.807, 2.05) is 30.3 Å². The summed E-state index contributed by atoms with van der Waals surface area (Å²) in [7, 11) is -4.04. The minimum absolute atomic E-state index is 0.0468. The highest BCUT2D eigenvalue weighted by molar-refractivity contribution is 7.89. The second-order valence-electron chi connectivity index (χ2n) is 8.63. The molecule has 0 amide bonds. The SMILES string of the molecule is Cc1cc(OCc2ccccc2)c(S(=O)(=O)N2CCC[C@H]2C(=O)OC(C)(C)C)cc1Cl. The highest BCUT2D eigenvalue weighted by Crippen LogP contribution is 2.36. The molecule has 1 atom stereocenters. The molecule has 0 spiro atoms. The Bertz CT molecular complexity index is 1050. The van der Waals surface area contributed by atoms with Gasteiger partial charge in [-0.1, -0.05) is 41.9 Å². The van der Waals surface area contributed by atoms with Gasteiger partial charge in [-0.25, -0.2) is 8.42 Å². The number of halogens is 1. The highest BCUT2D eigenvalue weighted by atomic mass is 35.5. The zero-order valence-corrected chi connectivity index (χ0v) is 19.8. The summed E-state index contributed by atoms with van der Waals surface area (Å²) in [6.45, 7) is 7.50. The van der Waals surface area contributed by atoms with Crippen molar-refractivity contribution in [3.05, 3.63) is 58.6 Å². The average Bonchev–Trinajstić information content (AvgIpc) is 3.19. The van der Waals surface area contributed by atoms with Gasteiger partial charge in [-0.05, 0) is 63.8 Å². The molecule has 0 saturated carbocycles. The molecular weight excluding hydrogens is 438 g/mol. The smallest absolute Gasteiger partial charge is 0.324 e. The van der Waals surface area contributed by atoms with Gasteiger partial charge in [-0.15, -0.1) is 0 Å². The first-order valence-corrected chi connectivity index (χ1v) is 12.0. The van der Waals surface area contributed by atoms with Gasteiger partial charge in [0.2, 0.25) is 10.0 Å². The van der Waals surface area contributed by atoms with Crippen molar-refractivity contribution in [2.45, 2.75) is 63.7 Å². The standard InChI is InChI=1S/C23H28ClNO5S/c1-16-13-20(29-15-17-9-6-5-7-10-17)21(14-18(16)24)31(27,28)25-12-8-11-19(25)22(26)30-23(2,3)4/h5-7,9-10,13-14,19H,8,11-12,15H2,1-4H3/t19-/m0/s1. The number of esters is 1. The summed E-state index contributed by atoms with van der Waals surface area (Å²) in [5.41, 5.74) is 0.909. The molecule has 0 aliphatic carbocycles. The minimum atomic E-state index is -4.04. The van der Waals surface area contributed by atoms with Gasteiger partial charge >= 0.3 is 5.97 Å². The first kappa shape index (κ1) is 23.6. The maximum absolute atomic E-state index is 13.6. The Kier molecular flexibility index (Phi) is 6.98. The number of ether oxygens (including phenoxy) is 2. The number of hydrogen-bond acceptors (Lipinski definition) is 5. The van der Waals surface area contributed by atoms with Gasteiger partial charge in [-0.3, -0.25) is 4.79 Å². The van der Waals surface area contributed by atoms with Crippen LogP contribution in [-0.4, -0.2) is 36.9 Å². The molecule has 0 radical (unpaired) electrons. The van der Waals surface area contributed by atoms with E-state index < -0.39 is 27.6 Å². The maximum atomic E-state index is 13.6. The molecule has 0 bridgehead atoms. The first-order chi connectivity index (χ1) is 14.5. The second kappa shape index (κ2) is 9.18. The number of sulfonamides is 1. The van der Waals surface area contributed by atoms with E-state index in [9.17, 15) is 13.2 Å². The number of carbonyl (C=O) groups excluding carboxylic acids is 1. The van der Waals surface area contributed by atoms with Gasteiger partial charge < -0.3 is 9.47 Å². The molecule has 6 nitrogen and oxygen atoms in total. The zero-order chi connectivity index (χ0) is 22.8. The lowest BCUT2D eigenvalue weighted by Crippen LogP contribution is -2.43. The van der Waals surface area contributed by atoms with Crippen LogP contribution in [0.15, 0.2) is 47.4 Å². The topological polar surface area (TPSA) is 72.9 Å². The van der Waals surface area contributed by atoms with Crippen molar-refractivity contribution >= 4 is 27.6 Å². The summed E-state index contributed by atoms with van der Waals surface area (Å²) >= 11 is 6.27. The van der Waals surface area contributed by atoms with E-state index in [4.69, 9.17) is 21.1 Å². The lowest BCUT2D eigenvalue weighted by molar-refractivity contribution is -0.158. The Hall–Kier alpha value is -2.09. The summed E-state index contributed by atoms with van der Waals surface area (Å²) in [6, 6.07) is 11.6. The van der Waals surface area contributed by atoms with E-state index in [2.05, 4.69) is 0 Å². The van der Waals surface area contributed by atoms with Crippen LogP contribution in [0.2, 0.25) is 5.02 Å². The normalized spacial score (nSPS) is 17.5. The van der Waals surface area contributed by atoms with Gasteiger partial charge in [0.15, 0.2) is 0 Å². The summed E-state index contributed by atoms with van der Waals surface area (Å²) in [4.78, 5) is 12.6. The third-order valence-electron chi connectivity index (χ3n) is 4.93. The Morgan fingerprint density at radius 1 is 1.19 bits per heavy atom. The largest absolute Gasteiger partial charge is 0.487 e. The second-order valence-corrected chi connectivity index (χ2v) is 10.9. The van der Waals surface area contributed by atoms with Crippen molar-refractivity contribution < 1.29 is 22.7 Å². The molecule has 31 heavy (non-hydrogen) atoms. The van der Waals surface area contributed by atoms with Crippen molar-refractivity contribution in [3.8, 4) is 5.75 Å². The van der Waals surface area contributed by atoms with Crippen LogP contribution in [0.25, 0.3) is 0 Å². The van der Waals surface area contributed by atoms with Crippen LogP contribution in [0.3, 0.4) is 0 Å². The molecule has 1 aliphatic heterocycles. The van der Waals surface area contributed by atoms with E-state index in [0.717, 1.165) is 5.56 Å². The molecule has 1 fully saturated rings. The fraction of sp³-hybridized carbons (Fsp3) is 0.435. The van der Waals surface area contributed by atoms with Crippen LogP contribution < -0.4 is 4.74 Å². The minimum Gasteiger partial charge on any atom is -0.487 e. The van der Waals surface area contributed by atoms with Crippen LogP contribution in [0, 0.1) is 6.92 Å². The van der Waals surface area contributed by atoms with E-state index in [-0.39, 0.29) is 23.8 Å². The van der Waals surface area contributed by atoms with E-state index in [1.165, 1.54) is 10.4 Å². The van der Waals surface area contributed by atoms with E-state index in [0.29, 0.717) is 23.4 Å². The van der Waals surface area contributed by atoms with E-state index in [1.54, 1.807) is 33.8 Å². The van der Waals surface area contributed by atoms with Crippen molar-refractivity contribution in [1.82, 2.24) is 4.31 Å². The van der Waals surface area contributed by atoms with Crippen molar-refractivity contribution in [1.29, 1.82) is 0 Å². The van der Waals surface area contributed by atoms with Gasteiger partial charge in [0, 0.05) is 11.6 Å². The van der Waals surface area contributed by atoms with Gasteiger partial charge in [-0.2, -0.15) is 4.31 Å². The molecule has 8 heteroatoms. The molecule has 1 aliphatic rings. The van der Waals surface area contributed by atoms with Crippen LogP contribution in [0.4, 0.5) is 0 Å². The number of carbonyl (C=O) groups is 1. The Labute approximate surface area is 189 Å². The third kappa shape index (κ3) is 5.59.